The molecule has 64 valence electrons. The number of nitrogens with zero attached hydrogens (tertiary/aromatic N) is 2. The minimum atomic E-state index is 0.410. The Balaban J connectivity index is 2.56. The van der Waals surface area contributed by atoms with Crippen LogP contribution in [0.25, 0.3) is 11.1 Å². The first kappa shape index (κ1) is 8.51. The van der Waals surface area contributed by atoms with Crippen molar-refractivity contribution >= 4 is 33.7 Å². The smallest absolute Gasteiger partial charge is 0.258 e. The van der Waals surface area contributed by atoms with Gasteiger partial charge < -0.3 is 4.42 Å². The third-order valence-electron chi connectivity index (χ3n) is 1.71. The van der Waals surface area contributed by atoms with E-state index < -0.39 is 0 Å². The normalized spacial score (nSPS) is 10.2. The molecule has 0 aliphatic heterocycles. The van der Waals surface area contributed by atoms with Crippen LogP contribution in [0.4, 0.5) is 0 Å². The van der Waals surface area contributed by atoms with Gasteiger partial charge in [0, 0.05) is 22.6 Å². The molecule has 13 heavy (non-hydrogen) atoms. The molecule has 4 heteroatoms. The summed E-state index contributed by atoms with van der Waals surface area (Å²) in [6, 6.07) is 7.71. The number of oxazole rings is 1. The maximum atomic E-state index is 8.50. The van der Waals surface area contributed by atoms with Gasteiger partial charge in [-0.05, 0) is 17.7 Å². The van der Waals surface area contributed by atoms with Crippen LogP contribution in [0.1, 0.15) is 5.56 Å². The van der Waals surface area contributed by atoms with E-state index in [-0.39, 0.29) is 0 Å². The SMILES string of the molecule is N#CCc1ccc2nc(I)oc2c1. The summed E-state index contributed by atoms with van der Waals surface area (Å²) in [5.74, 6) is 0. The van der Waals surface area contributed by atoms with E-state index in [0.29, 0.717) is 10.3 Å². The number of benzene rings is 1. The summed E-state index contributed by atoms with van der Waals surface area (Å²) in [7, 11) is 0. The molecule has 0 aliphatic carbocycles. The Morgan fingerprint density at radius 1 is 1.54 bits per heavy atom. The van der Waals surface area contributed by atoms with Crippen molar-refractivity contribution in [2.45, 2.75) is 6.42 Å². The second kappa shape index (κ2) is 3.34. The predicted octanol–water partition coefficient (Wildman–Crippen LogP) is 2.50. The molecule has 0 fully saturated rings. The molecule has 1 aromatic heterocycles. The Labute approximate surface area is 88.5 Å². The fourth-order valence-electron chi connectivity index (χ4n) is 1.14. The first-order valence-corrected chi connectivity index (χ1v) is 4.79. The van der Waals surface area contributed by atoms with Crippen LogP contribution in [0.15, 0.2) is 22.6 Å². The molecule has 1 heterocycles. The van der Waals surface area contributed by atoms with E-state index in [1.165, 1.54) is 0 Å². The van der Waals surface area contributed by atoms with Gasteiger partial charge in [0.1, 0.15) is 5.52 Å². The molecule has 0 N–H and O–H groups in total. The van der Waals surface area contributed by atoms with Gasteiger partial charge >= 0.3 is 0 Å². The Morgan fingerprint density at radius 3 is 3.15 bits per heavy atom. The van der Waals surface area contributed by atoms with Crippen molar-refractivity contribution in [2.75, 3.05) is 0 Å². The zero-order valence-electron chi connectivity index (χ0n) is 6.62. The van der Waals surface area contributed by atoms with Gasteiger partial charge in [-0.3, -0.25) is 0 Å². The lowest BCUT2D eigenvalue weighted by Gasteiger charge is -1.91. The number of aromatic nitrogens is 1. The second-order valence-electron chi connectivity index (χ2n) is 2.60. The average Bonchev–Trinajstić information content (AvgIpc) is 2.44. The summed E-state index contributed by atoms with van der Waals surface area (Å²) in [4.78, 5) is 4.15. The summed E-state index contributed by atoms with van der Waals surface area (Å²) < 4.78 is 5.95. The van der Waals surface area contributed by atoms with Gasteiger partial charge in [-0.1, -0.05) is 6.07 Å². The molecule has 1 aromatic carbocycles. The number of rotatable bonds is 1. The van der Waals surface area contributed by atoms with Gasteiger partial charge in [0.2, 0.25) is 0 Å². The van der Waals surface area contributed by atoms with E-state index in [0.717, 1.165) is 16.7 Å². The van der Waals surface area contributed by atoms with E-state index in [2.05, 4.69) is 11.1 Å². The molecule has 0 saturated carbocycles. The average molecular weight is 284 g/mol. The molecule has 0 spiro atoms. The van der Waals surface area contributed by atoms with Crippen LogP contribution in [-0.2, 0) is 6.42 Å². The van der Waals surface area contributed by atoms with Gasteiger partial charge in [0.05, 0.1) is 12.5 Å². The molecular weight excluding hydrogens is 279 g/mol. The zero-order chi connectivity index (χ0) is 9.26. The fourth-order valence-corrected chi connectivity index (χ4v) is 1.64. The van der Waals surface area contributed by atoms with Crippen molar-refractivity contribution in [3.63, 3.8) is 0 Å². The standard InChI is InChI=1S/C9H5IN2O/c10-9-12-7-2-1-6(3-4-11)5-8(7)13-9/h1-2,5H,3H2. The Hall–Kier alpha value is -1.09. The van der Waals surface area contributed by atoms with Gasteiger partial charge in [0.15, 0.2) is 5.58 Å². The predicted molar refractivity (Wildman–Crippen MR) is 56.0 cm³/mol. The summed E-state index contributed by atoms with van der Waals surface area (Å²) in [6.45, 7) is 0. The molecule has 2 rings (SSSR count). The van der Waals surface area contributed by atoms with E-state index >= 15 is 0 Å². The third-order valence-corrected chi connectivity index (χ3v) is 2.17. The summed E-state index contributed by atoms with van der Waals surface area (Å²) >= 11 is 2.02. The van der Waals surface area contributed by atoms with Crippen molar-refractivity contribution in [1.29, 1.82) is 5.26 Å². The number of fused-ring (bicyclic) bond motifs is 1. The van der Waals surface area contributed by atoms with Gasteiger partial charge in [0.25, 0.3) is 3.90 Å². The van der Waals surface area contributed by atoms with Crippen molar-refractivity contribution in [2.24, 2.45) is 0 Å². The minimum absolute atomic E-state index is 0.410. The van der Waals surface area contributed by atoms with Crippen LogP contribution in [-0.4, -0.2) is 4.98 Å². The van der Waals surface area contributed by atoms with Gasteiger partial charge in [-0.15, -0.1) is 0 Å². The zero-order valence-corrected chi connectivity index (χ0v) is 8.78. The monoisotopic (exact) mass is 284 g/mol. The first-order valence-electron chi connectivity index (χ1n) is 3.71. The Morgan fingerprint density at radius 2 is 2.38 bits per heavy atom. The minimum Gasteiger partial charge on any atom is -0.432 e. The lowest BCUT2D eigenvalue weighted by atomic mass is 10.1. The maximum Gasteiger partial charge on any atom is 0.258 e. The number of hydrogen-bond acceptors (Lipinski definition) is 3. The van der Waals surface area contributed by atoms with Crippen molar-refractivity contribution < 1.29 is 4.42 Å². The Kier molecular flexibility index (Phi) is 2.19. The molecule has 3 nitrogen and oxygen atoms in total. The molecule has 0 unspecified atom stereocenters. The highest BCUT2D eigenvalue weighted by atomic mass is 127. The molecule has 0 bridgehead atoms. The number of halogens is 1. The molecule has 0 radical (unpaired) electrons. The molecule has 2 aromatic rings. The van der Waals surface area contributed by atoms with Crippen molar-refractivity contribution in [3.8, 4) is 6.07 Å². The van der Waals surface area contributed by atoms with Crippen LogP contribution >= 0.6 is 22.6 Å². The molecule has 0 aliphatic rings. The van der Waals surface area contributed by atoms with Crippen LogP contribution in [0, 0.1) is 15.2 Å². The largest absolute Gasteiger partial charge is 0.432 e. The van der Waals surface area contributed by atoms with E-state index in [9.17, 15) is 0 Å². The van der Waals surface area contributed by atoms with E-state index in [4.69, 9.17) is 9.68 Å². The van der Waals surface area contributed by atoms with Gasteiger partial charge in [-0.2, -0.15) is 5.26 Å². The van der Waals surface area contributed by atoms with Crippen molar-refractivity contribution in [3.05, 3.63) is 27.7 Å². The Bertz CT molecular complexity index is 484. The first-order chi connectivity index (χ1) is 6.29. The maximum absolute atomic E-state index is 8.50. The second-order valence-corrected chi connectivity index (χ2v) is 3.53. The van der Waals surface area contributed by atoms with Crippen LogP contribution in [0.5, 0.6) is 0 Å². The third kappa shape index (κ3) is 1.65. The number of nitriles is 1. The van der Waals surface area contributed by atoms with Crippen LogP contribution in [0.3, 0.4) is 0 Å². The highest BCUT2D eigenvalue weighted by molar-refractivity contribution is 14.1. The van der Waals surface area contributed by atoms with E-state index in [1.807, 2.05) is 40.8 Å². The van der Waals surface area contributed by atoms with Crippen LogP contribution in [0.2, 0.25) is 0 Å². The summed E-state index contributed by atoms with van der Waals surface area (Å²) in [5, 5.41) is 8.50. The summed E-state index contributed by atoms with van der Waals surface area (Å²) in [5.41, 5.74) is 2.55. The number of hydrogen-bond donors (Lipinski definition) is 0. The lowest BCUT2D eigenvalue weighted by Crippen LogP contribution is -1.79. The molecule has 0 saturated heterocycles. The highest BCUT2D eigenvalue weighted by Crippen LogP contribution is 2.18. The van der Waals surface area contributed by atoms with Crippen LogP contribution < -0.4 is 0 Å². The summed E-state index contributed by atoms with van der Waals surface area (Å²) in [6.07, 6.45) is 0.410. The van der Waals surface area contributed by atoms with E-state index in [1.54, 1.807) is 0 Å². The quantitative estimate of drug-likeness (QED) is 0.756. The highest BCUT2D eigenvalue weighted by Gasteiger charge is 2.03. The molecule has 0 amide bonds. The fraction of sp³-hybridized carbons (Fsp3) is 0.111. The molecule has 0 atom stereocenters. The topological polar surface area (TPSA) is 49.8 Å². The van der Waals surface area contributed by atoms with Crippen molar-refractivity contribution in [1.82, 2.24) is 4.98 Å². The van der Waals surface area contributed by atoms with Gasteiger partial charge in [-0.25, -0.2) is 4.98 Å². The molecular formula is C9H5IN2O. The lowest BCUT2D eigenvalue weighted by molar-refractivity contribution is 0.566.